The molecule has 1 N–H and O–H groups in total. The smallest absolute Gasteiger partial charge is 0.331 e. The van der Waals surface area contributed by atoms with Crippen LogP contribution < -0.4 is 21.3 Å². The van der Waals surface area contributed by atoms with E-state index in [1.54, 1.807) is 18.3 Å². The van der Waals surface area contributed by atoms with Crippen LogP contribution in [0.4, 0.5) is 4.39 Å². The molecule has 0 atom stereocenters. The number of hydrogen-bond acceptors (Lipinski definition) is 6. The molecule has 4 rings (SSSR count). The Hall–Kier alpha value is -4.05. The molecule has 0 bridgehead atoms. The zero-order valence-corrected chi connectivity index (χ0v) is 19.0. The van der Waals surface area contributed by atoms with Crippen molar-refractivity contribution in [3.8, 4) is 5.88 Å². The molecule has 0 spiro atoms. The number of carbonyl (C=O) groups is 1. The monoisotopic (exact) mass is 483 g/mol. The van der Waals surface area contributed by atoms with Gasteiger partial charge in [-0.3, -0.25) is 18.7 Å². The molecule has 0 aliphatic rings. The van der Waals surface area contributed by atoms with E-state index in [2.05, 4.69) is 15.3 Å². The highest BCUT2D eigenvalue weighted by molar-refractivity contribution is 6.30. The molecular formula is C23H19ClFN5O4. The average Bonchev–Trinajstić information content (AvgIpc) is 2.85. The maximum absolute atomic E-state index is 13.5. The van der Waals surface area contributed by atoms with E-state index in [-0.39, 0.29) is 34.7 Å². The Morgan fingerprint density at radius 2 is 1.88 bits per heavy atom. The molecule has 174 valence electrons. The number of halogens is 2. The molecule has 4 aromatic rings. The van der Waals surface area contributed by atoms with Gasteiger partial charge in [-0.05, 0) is 29.3 Å². The van der Waals surface area contributed by atoms with Crippen LogP contribution in [-0.2, 0) is 20.1 Å². The van der Waals surface area contributed by atoms with Crippen LogP contribution in [0.1, 0.15) is 21.6 Å². The van der Waals surface area contributed by atoms with Crippen LogP contribution in [0.15, 0.2) is 58.4 Å². The fourth-order valence-electron chi connectivity index (χ4n) is 3.40. The van der Waals surface area contributed by atoms with Crippen molar-refractivity contribution in [1.82, 2.24) is 24.4 Å². The Morgan fingerprint density at radius 3 is 2.56 bits per heavy atom. The number of pyridine rings is 2. The first-order valence-electron chi connectivity index (χ1n) is 10.1. The molecule has 0 radical (unpaired) electrons. The normalized spacial score (nSPS) is 10.9. The van der Waals surface area contributed by atoms with Crippen molar-refractivity contribution in [3.05, 3.63) is 97.3 Å². The number of amides is 1. The number of aromatic nitrogens is 4. The number of hydrogen-bond donors (Lipinski definition) is 1. The molecule has 3 aromatic heterocycles. The largest absolute Gasteiger partial charge is 0.481 e. The van der Waals surface area contributed by atoms with Crippen LogP contribution >= 0.6 is 11.6 Å². The van der Waals surface area contributed by atoms with Crippen molar-refractivity contribution < 1.29 is 13.9 Å². The minimum Gasteiger partial charge on any atom is -0.481 e. The highest BCUT2D eigenvalue weighted by Gasteiger charge is 2.16. The van der Waals surface area contributed by atoms with Crippen LogP contribution in [0.2, 0.25) is 5.02 Å². The van der Waals surface area contributed by atoms with E-state index < -0.39 is 23.0 Å². The summed E-state index contributed by atoms with van der Waals surface area (Å²) in [5, 5.41) is 2.75. The zero-order valence-electron chi connectivity index (χ0n) is 18.2. The predicted molar refractivity (Wildman–Crippen MR) is 124 cm³/mol. The number of aryl methyl sites for hydroxylation is 1. The summed E-state index contributed by atoms with van der Waals surface area (Å²) in [6.07, 6.45) is 2.88. The first-order valence-corrected chi connectivity index (χ1v) is 10.5. The summed E-state index contributed by atoms with van der Waals surface area (Å²) in [5.74, 6) is -0.643. The van der Waals surface area contributed by atoms with Gasteiger partial charge in [-0.2, -0.15) is 0 Å². The van der Waals surface area contributed by atoms with Crippen molar-refractivity contribution in [2.45, 2.75) is 13.1 Å². The molecule has 34 heavy (non-hydrogen) atoms. The van der Waals surface area contributed by atoms with E-state index in [0.29, 0.717) is 11.4 Å². The number of rotatable bonds is 6. The third kappa shape index (κ3) is 4.53. The van der Waals surface area contributed by atoms with E-state index in [1.807, 2.05) is 0 Å². The standard InChI is InChI=1S/C23H19ClFN5O4/c1-29-19-11-26-18(21(31)28-10-14-4-6-20(34-2)27-9-14)8-15(19)22(32)30(23(29)33)12-13-3-5-17(25)16(24)7-13/h3-9,11H,10,12H2,1-2H3,(H,28,31). The molecule has 9 nitrogen and oxygen atoms in total. The van der Waals surface area contributed by atoms with Crippen LogP contribution in [0.3, 0.4) is 0 Å². The first kappa shape index (κ1) is 23.1. The second-order valence-corrected chi connectivity index (χ2v) is 7.87. The number of methoxy groups -OCH3 is 1. The maximum Gasteiger partial charge on any atom is 0.331 e. The number of benzene rings is 1. The second-order valence-electron chi connectivity index (χ2n) is 7.46. The van der Waals surface area contributed by atoms with Gasteiger partial charge < -0.3 is 10.1 Å². The van der Waals surface area contributed by atoms with E-state index in [4.69, 9.17) is 16.3 Å². The molecule has 1 aromatic carbocycles. The van der Waals surface area contributed by atoms with Gasteiger partial charge in [0, 0.05) is 25.9 Å². The van der Waals surface area contributed by atoms with Crippen molar-refractivity contribution in [1.29, 1.82) is 0 Å². The van der Waals surface area contributed by atoms with Gasteiger partial charge in [0.2, 0.25) is 5.88 Å². The molecule has 0 saturated heterocycles. The van der Waals surface area contributed by atoms with Crippen LogP contribution in [0, 0.1) is 5.82 Å². The molecule has 3 heterocycles. The van der Waals surface area contributed by atoms with Crippen molar-refractivity contribution >= 4 is 28.4 Å². The number of nitrogens with zero attached hydrogens (tertiary/aromatic N) is 4. The Labute approximate surface area is 197 Å². The maximum atomic E-state index is 13.5. The number of nitrogens with one attached hydrogen (secondary N) is 1. The van der Waals surface area contributed by atoms with Crippen molar-refractivity contribution in [3.63, 3.8) is 0 Å². The lowest BCUT2D eigenvalue weighted by Gasteiger charge is -2.12. The topological polar surface area (TPSA) is 108 Å². The summed E-state index contributed by atoms with van der Waals surface area (Å²) < 4.78 is 20.7. The van der Waals surface area contributed by atoms with E-state index >= 15 is 0 Å². The van der Waals surface area contributed by atoms with Gasteiger partial charge in [0.15, 0.2) is 0 Å². The number of fused-ring (bicyclic) bond motifs is 1. The Morgan fingerprint density at radius 1 is 1.12 bits per heavy atom. The highest BCUT2D eigenvalue weighted by Crippen LogP contribution is 2.16. The molecule has 0 fully saturated rings. The fourth-order valence-corrected chi connectivity index (χ4v) is 3.60. The molecule has 0 aliphatic heterocycles. The third-order valence-corrected chi connectivity index (χ3v) is 5.54. The second kappa shape index (κ2) is 9.44. The summed E-state index contributed by atoms with van der Waals surface area (Å²) in [6.45, 7) is 0.0775. The summed E-state index contributed by atoms with van der Waals surface area (Å²) in [6, 6.07) is 8.73. The van der Waals surface area contributed by atoms with Gasteiger partial charge in [-0.25, -0.2) is 19.2 Å². The Kier molecular flexibility index (Phi) is 6.42. The van der Waals surface area contributed by atoms with Crippen LogP contribution in [-0.4, -0.2) is 32.1 Å². The Bertz CT molecular complexity index is 1520. The molecule has 0 unspecified atom stereocenters. The molecular weight excluding hydrogens is 465 g/mol. The summed E-state index contributed by atoms with van der Waals surface area (Å²) in [4.78, 5) is 46.8. The number of ether oxygens (including phenoxy) is 1. The third-order valence-electron chi connectivity index (χ3n) is 5.25. The van der Waals surface area contributed by atoms with Gasteiger partial charge in [0.25, 0.3) is 11.5 Å². The van der Waals surface area contributed by atoms with Gasteiger partial charge in [0.1, 0.15) is 11.5 Å². The van der Waals surface area contributed by atoms with Crippen molar-refractivity contribution in [2.24, 2.45) is 7.05 Å². The molecule has 11 heteroatoms. The minimum atomic E-state index is -0.602. The molecule has 0 saturated carbocycles. The highest BCUT2D eigenvalue weighted by atomic mass is 35.5. The van der Waals surface area contributed by atoms with Crippen LogP contribution in [0.5, 0.6) is 5.88 Å². The van der Waals surface area contributed by atoms with E-state index in [0.717, 1.165) is 10.1 Å². The first-order chi connectivity index (χ1) is 16.3. The van der Waals surface area contributed by atoms with Crippen LogP contribution in [0.25, 0.3) is 10.9 Å². The van der Waals surface area contributed by atoms with Gasteiger partial charge >= 0.3 is 5.69 Å². The lowest BCUT2D eigenvalue weighted by molar-refractivity contribution is 0.0946. The minimum absolute atomic E-state index is 0.0149. The number of carbonyl (C=O) groups excluding carboxylic acids is 1. The average molecular weight is 484 g/mol. The molecule has 0 aliphatic carbocycles. The Balaban J connectivity index is 1.65. The van der Waals surface area contributed by atoms with E-state index in [9.17, 15) is 18.8 Å². The summed E-state index contributed by atoms with van der Waals surface area (Å²) in [7, 11) is 3.00. The van der Waals surface area contributed by atoms with Gasteiger partial charge in [0.05, 0.1) is 35.8 Å². The van der Waals surface area contributed by atoms with Gasteiger partial charge in [-0.15, -0.1) is 0 Å². The fraction of sp³-hybridized carbons (Fsp3) is 0.174. The summed E-state index contributed by atoms with van der Waals surface area (Å²) in [5.41, 5.74) is 0.335. The SMILES string of the molecule is COc1ccc(CNC(=O)c2cc3c(=O)n(Cc4ccc(F)c(Cl)c4)c(=O)n(C)c3cn2)cn1. The quantitative estimate of drug-likeness (QED) is 0.451. The molecule has 1 amide bonds. The van der Waals surface area contributed by atoms with E-state index in [1.165, 1.54) is 49.2 Å². The zero-order chi connectivity index (χ0) is 24.4. The lowest BCUT2D eigenvalue weighted by Crippen LogP contribution is -2.39. The summed E-state index contributed by atoms with van der Waals surface area (Å²) >= 11 is 5.82. The lowest BCUT2D eigenvalue weighted by atomic mass is 10.2. The predicted octanol–water partition coefficient (Wildman–Crippen LogP) is 2.27. The van der Waals surface area contributed by atoms with Crippen molar-refractivity contribution in [2.75, 3.05) is 7.11 Å². The van der Waals surface area contributed by atoms with Gasteiger partial charge in [-0.1, -0.05) is 23.7 Å².